The van der Waals surface area contributed by atoms with Crippen molar-refractivity contribution in [2.24, 2.45) is 0 Å². The molecular weight excluding hydrogens is 248 g/mol. The molecule has 0 aromatic heterocycles. The molecule has 1 N–H and O–H groups in total. The number of halogens is 2. The van der Waals surface area contributed by atoms with Crippen LogP contribution in [0.1, 0.15) is 38.5 Å². The summed E-state index contributed by atoms with van der Waals surface area (Å²) in [6.45, 7) is 0.723. The van der Waals surface area contributed by atoms with Crippen molar-refractivity contribution in [3.63, 3.8) is 0 Å². The Morgan fingerprint density at radius 1 is 1.21 bits per heavy atom. The molecule has 2 aliphatic rings. The van der Waals surface area contributed by atoms with Crippen LogP contribution in [0.2, 0.25) is 0 Å². The molecular formula is C15H19F2NO. The van der Waals surface area contributed by atoms with E-state index < -0.39 is 11.6 Å². The lowest BCUT2D eigenvalue weighted by Gasteiger charge is -2.39. The van der Waals surface area contributed by atoms with Crippen molar-refractivity contribution in [3.05, 3.63) is 29.8 Å². The number of anilines is 1. The Kier molecular flexibility index (Phi) is 3.44. The summed E-state index contributed by atoms with van der Waals surface area (Å²) in [5.74, 6) is -1.06. The van der Waals surface area contributed by atoms with Gasteiger partial charge in [-0.15, -0.1) is 0 Å². The lowest BCUT2D eigenvalue weighted by Crippen LogP contribution is -2.42. The minimum atomic E-state index is -0.540. The van der Waals surface area contributed by atoms with Gasteiger partial charge in [-0.1, -0.05) is 12.8 Å². The smallest absolute Gasteiger partial charge is 0.149 e. The van der Waals surface area contributed by atoms with Gasteiger partial charge in [0, 0.05) is 18.7 Å². The molecule has 1 saturated carbocycles. The van der Waals surface area contributed by atoms with Crippen LogP contribution in [0, 0.1) is 11.6 Å². The van der Waals surface area contributed by atoms with E-state index in [0.717, 1.165) is 38.4 Å². The maximum atomic E-state index is 13.6. The van der Waals surface area contributed by atoms with Crippen molar-refractivity contribution in [1.29, 1.82) is 0 Å². The van der Waals surface area contributed by atoms with E-state index in [9.17, 15) is 8.78 Å². The van der Waals surface area contributed by atoms with Crippen LogP contribution >= 0.6 is 0 Å². The van der Waals surface area contributed by atoms with Gasteiger partial charge in [-0.25, -0.2) is 8.78 Å². The molecule has 0 radical (unpaired) electrons. The molecule has 1 aromatic rings. The molecule has 2 nitrogen and oxygen atoms in total. The predicted octanol–water partition coefficient (Wildman–Crippen LogP) is 3.87. The highest BCUT2D eigenvalue weighted by Crippen LogP contribution is 2.40. The first kappa shape index (κ1) is 12.9. The summed E-state index contributed by atoms with van der Waals surface area (Å²) in [6.07, 6.45) is 6.45. The maximum Gasteiger partial charge on any atom is 0.149 e. The van der Waals surface area contributed by atoms with Crippen molar-refractivity contribution in [1.82, 2.24) is 0 Å². The maximum absolute atomic E-state index is 13.6. The first-order valence-corrected chi connectivity index (χ1v) is 7.02. The quantitative estimate of drug-likeness (QED) is 0.878. The Hall–Kier alpha value is -1.16. The SMILES string of the molecule is Fc1ccc(NC2CCOC3(CCCC3)C2)c(F)c1. The average Bonchev–Trinajstić information content (AvgIpc) is 2.81. The van der Waals surface area contributed by atoms with E-state index in [2.05, 4.69) is 5.32 Å². The summed E-state index contributed by atoms with van der Waals surface area (Å²) >= 11 is 0. The van der Waals surface area contributed by atoms with E-state index in [0.29, 0.717) is 5.69 Å². The zero-order chi connectivity index (χ0) is 13.3. The average molecular weight is 267 g/mol. The van der Waals surface area contributed by atoms with E-state index in [1.165, 1.54) is 25.0 Å². The summed E-state index contributed by atoms with van der Waals surface area (Å²) in [5.41, 5.74) is 0.397. The Morgan fingerprint density at radius 3 is 2.74 bits per heavy atom. The minimum absolute atomic E-state index is 0.00637. The number of rotatable bonds is 2. The standard InChI is InChI=1S/C15H19F2NO/c16-11-3-4-14(13(17)9-11)18-12-5-8-19-15(10-12)6-1-2-7-15/h3-4,9,12,18H,1-2,5-8,10H2. The summed E-state index contributed by atoms with van der Waals surface area (Å²) in [5, 5.41) is 3.21. The van der Waals surface area contributed by atoms with E-state index in [1.807, 2.05) is 0 Å². The fourth-order valence-corrected chi connectivity index (χ4v) is 3.35. The third-order valence-corrected chi connectivity index (χ3v) is 4.30. The first-order chi connectivity index (χ1) is 9.17. The molecule has 0 bridgehead atoms. The van der Waals surface area contributed by atoms with Gasteiger partial charge in [0.1, 0.15) is 11.6 Å². The Morgan fingerprint density at radius 2 is 2.00 bits per heavy atom. The van der Waals surface area contributed by atoms with Crippen LogP contribution in [0.4, 0.5) is 14.5 Å². The van der Waals surface area contributed by atoms with E-state index >= 15 is 0 Å². The Bertz CT molecular complexity index is 457. The van der Waals surface area contributed by atoms with Crippen LogP contribution in [0.15, 0.2) is 18.2 Å². The summed E-state index contributed by atoms with van der Waals surface area (Å²) in [4.78, 5) is 0. The number of nitrogens with one attached hydrogen (secondary N) is 1. The number of hydrogen-bond acceptors (Lipinski definition) is 2. The monoisotopic (exact) mass is 267 g/mol. The minimum Gasteiger partial charge on any atom is -0.380 e. The first-order valence-electron chi connectivity index (χ1n) is 7.02. The molecule has 3 rings (SSSR count). The van der Waals surface area contributed by atoms with Gasteiger partial charge in [-0.3, -0.25) is 0 Å². The number of benzene rings is 1. The lowest BCUT2D eigenvalue weighted by atomic mass is 9.89. The Labute approximate surface area is 112 Å². The topological polar surface area (TPSA) is 21.3 Å². The fraction of sp³-hybridized carbons (Fsp3) is 0.600. The molecule has 1 spiro atoms. The van der Waals surface area contributed by atoms with Crippen LogP contribution in [0.3, 0.4) is 0 Å². The summed E-state index contributed by atoms with van der Waals surface area (Å²) in [7, 11) is 0. The zero-order valence-corrected chi connectivity index (χ0v) is 10.9. The highest BCUT2D eigenvalue weighted by atomic mass is 19.1. The van der Waals surface area contributed by atoms with Gasteiger partial charge >= 0.3 is 0 Å². The normalized spacial score (nSPS) is 25.7. The Balaban J connectivity index is 1.69. The van der Waals surface area contributed by atoms with Gasteiger partial charge in [0.25, 0.3) is 0 Å². The molecule has 2 fully saturated rings. The molecule has 1 aromatic carbocycles. The summed E-state index contributed by atoms with van der Waals surface area (Å²) < 4.78 is 32.5. The van der Waals surface area contributed by atoms with Gasteiger partial charge in [0.2, 0.25) is 0 Å². The predicted molar refractivity (Wildman–Crippen MR) is 70.2 cm³/mol. The van der Waals surface area contributed by atoms with Crippen molar-refractivity contribution >= 4 is 5.69 Å². The number of ether oxygens (including phenoxy) is 1. The highest BCUT2D eigenvalue weighted by Gasteiger charge is 2.39. The summed E-state index contributed by atoms with van der Waals surface area (Å²) in [6, 6.07) is 3.90. The van der Waals surface area contributed by atoms with Crippen molar-refractivity contribution < 1.29 is 13.5 Å². The molecule has 0 amide bonds. The highest BCUT2D eigenvalue weighted by molar-refractivity contribution is 5.45. The molecule has 4 heteroatoms. The van der Waals surface area contributed by atoms with Crippen LogP contribution in [-0.2, 0) is 4.74 Å². The van der Waals surface area contributed by atoms with Gasteiger partial charge in [-0.05, 0) is 37.8 Å². The second-order valence-electron chi connectivity index (χ2n) is 5.70. The van der Waals surface area contributed by atoms with Crippen LogP contribution in [-0.4, -0.2) is 18.2 Å². The van der Waals surface area contributed by atoms with Crippen LogP contribution in [0.25, 0.3) is 0 Å². The lowest BCUT2D eigenvalue weighted by molar-refractivity contribution is -0.0767. The molecule has 1 atom stereocenters. The van der Waals surface area contributed by atoms with Crippen molar-refractivity contribution in [3.8, 4) is 0 Å². The van der Waals surface area contributed by atoms with Gasteiger partial charge in [0.05, 0.1) is 11.3 Å². The third kappa shape index (κ3) is 2.73. The third-order valence-electron chi connectivity index (χ3n) is 4.30. The van der Waals surface area contributed by atoms with Crippen LogP contribution in [0.5, 0.6) is 0 Å². The van der Waals surface area contributed by atoms with Crippen molar-refractivity contribution in [2.45, 2.75) is 50.2 Å². The molecule has 1 saturated heterocycles. The second-order valence-corrected chi connectivity index (χ2v) is 5.70. The van der Waals surface area contributed by atoms with E-state index in [1.54, 1.807) is 0 Å². The molecule has 1 aliphatic carbocycles. The molecule has 1 heterocycles. The van der Waals surface area contributed by atoms with Gasteiger partial charge in [0.15, 0.2) is 0 Å². The van der Waals surface area contributed by atoms with Crippen molar-refractivity contribution in [2.75, 3.05) is 11.9 Å². The van der Waals surface area contributed by atoms with E-state index in [4.69, 9.17) is 4.74 Å². The van der Waals surface area contributed by atoms with Gasteiger partial charge in [-0.2, -0.15) is 0 Å². The molecule has 19 heavy (non-hydrogen) atoms. The molecule has 1 unspecified atom stereocenters. The van der Waals surface area contributed by atoms with Crippen LogP contribution < -0.4 is 5.32 Å². The van der Waals surface area contributed by atoms with E-state index in [-0.39, 0.29) is 11.6 Å². The zero-order valence-electron chi connectivity index (χ0n) is 10.9. The number of hydrogen-bond donors (Lipinski definition) is 1. The fourth-order valence-electron chi connectivity index (χ4n) is 3.35. The second kappa shape index (κ2) is 5.08. The molecule has 104 valence electrons. The molecule has 1 aliphatic heterocycles. The van der Waals surface area contributed by atoms with Gasteiger partial charge < -0.3 is 10.1 Å². The largest absolute Gasteiger partial charge is 0.380 e.